The predicted octanol–water partition coefficient (Wildman–Crippen LogP) is 6.63. The number of halogens is 1. The molecule has 0 spiro atoms. The number of benzene rings is 3. The molecule has 0 aliphatic heterocycles. The van der Waals surface area contributed by atoms with Crippen LogP contribution in [-0.4, -0.2) is 57.7 Å². The Bertz CT molecular complexity index is 2210. The molecular formula is C40H39BrO12. The molecule has 0 saturated heterocycles. The van der Waals surface area contributed by atoms with Crippen LogP contribution in [0.25, 0.3) is 0 Å². The van der Waals surface area contributed by atoms with Crippen molar-refractivity contribution in [3.63, 3.8) is 0 Å². The summed E-state index contributed by atoms with van der Waals surface area (Å²) in [4.78, 5) is 64.8. The van der Waals surface area contributed by atoms with E-state index < -0.39 is 41.0 Å². The molecule has 3 aromatic rings. The Morgan fingerprint density at radius 1 is 0.736 bits per heavy atom. The number of carboxylic acid groups (broad SMARTS) is 1. The molecule has 0 heterocycles. The molecule has 53 heavy (non-hydrogen) atoms. The molecule has 278 valence electrons. The van der Waals surface area contributed by atoms with Gasteiger partial charge in [0.1, 0.15) is 33.0 Å². The van der Waals surface area contributed by atoms with Crippen molar-refractivity contribution in [1.29, 1.82) is 0 Å². The standard InChI is InChI=1S/C40H39BrO12/c1-16-13-27(18(3)19(4)29(16)37(46)52-34-22(7)20(5)30(36(44)45)25-11-10-12-26(25)34)51-38(47)31-21(6)23(8)35(32(41)33(31)43)53-39(48)40(49)17(2)14-24(42)15-28(40)50-9/h13-15,43,49H,10-12H2,1-9H3,(H,44,45)/t40-/m1/s1. The van der Waals surface area contributed by atoms with Gasteiger partial charge in [-0.2, -0.15) is 0 Å². The number of aryl methyl sites for hydroxylation is 1. The third kappa shape index (κ3) is 6.41. The van der Waals surface area contributed by atoms with Gasteiger partial charge in [-0.1, -0.05) is 0 Å². The van der Waals surface area contributed by atoms with Crippen molar-refractivity contribution in [2.45, 2.75) is 80.3 Å². The molecule has 3 aromatic carbocycles. The Morgan fingerprint density at radius 2 is 1.30 bits per heavy atom. The van der Waals surface area contributed by atoms with Crippen molar-refractivity contribution in [2.24, 2.45) is 0 Å². The van der Waals surface area contributed by atoms with E-state index in [2.05, 4.69) is 15.9 Å². The molecule has 0 radical (unpaired) electrons. The van der Waals surface area contributed by atoms with Crippen LogP contribution in [-0.2, 0) is 27.2 Å². The number of rotatable bonds is 8. The third-order valence-electron chi connectivity index (χ3n) is 10.3. The SMILES string of the molecule is COC1=CC(=O)C=C(C)[C@]1(O)C(=O)Oc1c(C)c(C)c(C(=O)Oc2cc(C)c(C(=O)Oc3c(C)c(C)c(C(=O)O)c4c3CCC4)c(C)c2C)c(O)c1Br. The number of methoxy groups -OCH3 is 1. The largest absolute Gasteiger partial charge is 0.506 e. The van der Waals surface area contributed by atoms with Crippen LogP contribution in [0.5, 0.6) is 23.0 Å². The Balaban J connectivity index is 1.44. The van der Waals surface area contributed by atoms with E-state index in [1.165, 1.54) is 33.9 Å². The number of esters is 3. The van der Waals surface area contributed by atoms with Gasteiger partial charge in [0.2, 0.25) is 5.60 Å². The van der Waals surface area contributed by atoms with E-state index in [9.17, 15) is 39.3 Å². The molecule has 12 nitrogen and oxygen atoms in total. The lowest BCUT2D eigenvalue weighted by Gasteiger charge is -2.30. The fourth-order valence-electron chi connectivity index (χ4n) is 6.98. The van der Waals surface area contributed by atoms with E-state index >= 15 is 0 Å². The number of hydrogen-bond acceptors (Lipinski definition) is 11. The van der Waals surface area contributed by atoms with Gasteiger partial charge >= 0.3 is 23.9 Å². The molecule has 2 aliphatic carbocycles. The quantitative estimate of drug-likeness (QED) is 0.164. The maximum Gasteiger partial charge on any atom is 0.356 e. The average Bonchev–Trinajstić information content (AvgIpc) is 3.57. The number of phenols is 1. The van der Waals surface area contributed by atoms with Crippen LogP contribution >= 0.6 is 15.9 Å². The number of ether oxygens (including phenoxy) is 4. The molecular weight excluding hydrogens is 752 g/mol. The van der Waals surface area contributed by atoms with Crippen LogP contribution in [0.3, 0.4) is 0 Å². The Kier molecular flexibility index (Phi) is 10.5. The zero-order valence-electron chi connectivity index (χ0n) is 30.7. The summed E-state index contributed by atoms with van der Waals surface area (Å²) in [5.41, 5.74) is 2.21. The van der Waals surface area contributed by atoms with Gasteiger partial charge in [0.05, 0.1) is 18.2 Å². The number of carboxylic acids is 1. The van der Waals surface area contributed by atoms with Crippen LogP contribution in [0.15, 0.2) is 34.0 Å². The lowest BCUT2D eigenvalue weighted by molar-refractivity contribution is -0.151. The second kappa shape index (κ2) is 14.3. The fraction of sp³-hybridized carbons (Fsp3) is 0.325. The van der Waals surface area contributed by atoms with Crippen LogP contribution in [0.2, 0.25) is 0 Å². The third-order valence-corrected chi connectivity index (χ3v) is 11.1. The van der Waals surface area contributed by atoms with Crippen molar-refractivity contribution in [1.82, 2.24) is 0 Å². The zero-order chi connectivity index (χ0) is 39.4. The summed E-state index contributed by atoms with van der Waals surface area (Å²) in [6.45, 7) is 12.9. The second-order valence-corrected chi connectivity index (χ2v) is 14.1. The first-order chi connectivity index (χ1) is 24.8. The van der Waals surface area contributed by atoms with E-state index in [1.54, 1.807) is 34.6 Å². The zero-order valence-corrected chi connectivity index (χ0v) is 32.3. The van der Waals surface area contributed by atoms with Crippen molar-refractivity contribution >= 4 is 45.6 Å². The molecule has 2 aliphatic rings. The lowest BCUT2D eigenvalue weighted by Crippen LogP contribution is -2.47. The summed E-state index contributed by atoms with van der Waals surface area (Å²) < 4.78 is 22.3. The highest BCUT2D eigenvalue weighted by molar-refractivity contribution is 9.10. The topological polar surface area (TPSA) is 183 Å². The number of carbonyl (C=O) groups excluding carboxylic acids is 4. The minimum Gasteiger partial charge on any atom is -0.506 e. The number of carbonyl (C=O) groups is 5. The highest BCUT2D eigenvalue weighted by atomic mass is 79.9. The number of hydrogen-bond donors (Lipinski definition) is 3. The van der Waals surface area contributed by atoms with Crippen LogP contribution in [0, 0.1) is 48.5 Å². The molecule has 0 aromatic heterocycles. The number of aliphatic hydroxyl groups is 1. The van der Waals surface area contributed by atoms with Crippen LogP contribution < -0.4 is 14.2 Å². The van der Waals surface area contributed by atoms with E-state index in [1.807, 2.05) is 0 Å². The van der Waals surface area contributed by atoms with Gasteiger partial charge in [-0.25, -0.2) is 19.2 Å². The number of fused-ring (bicyclic) bond motifs is 1. The Morgan fingerprint density at radius 3 is 1.92 bits per heavy atom. The number of allylic oxidation sites excluding steroid dienone is 2. The first-order valence-electron chi connectivity index (χ1n) is 16.7. The molecule has 3 N–H and O–H groups in total. The van der Waals surface area contributed by atoms with E-state index in [4.69, 9.17) is 18.9 Å². The highest BCUT2D eigenvalue weighted by Crippen LogP contribution is 2.44. The number of ketones is 1. The van der Waals surface area contributed by atoms with E-state index in [-0.39, 0.29) is 55.1 Å². The molecule has 0 amide bonds. The summed E-state index contributed by atoms with van der Waals surface area (Å²) in [5.74, 6) is -4.92. The molecule has 1 atom stereocenters. The minimum atomic E-state index is -2.43. The maximum absolute atomic E-state index is 13.7. The highest BCUT2D eigenvalue weighted by Gasteiger charge is 2.48. The van der Waals surface area contributed by atoms with Crippen molar-refractivity contribution in [3.05, 3.63) is 101 Å². The monoisotopic (exact) mass is 790 g/mol. The van der Waals surface area contributed by atoms with Gasteiger partial charge in [-0.15, -0.1) is 0 Å². The first kappa shape index (κ1) is 38.9. The van der Waals surface area contributed by atoms with Crippen molar-refractivity contribution < 1.29 is 58.2 Å². The molecule has 5 rings (SSSR count). The molecule has 0 saturated carbocycles. The van der Waals surface area contributed by atoms with E-state index in [0.29, 0.717) is 52.0 Å². The average molecular weight is 792 g/mol. The number of phenolic OH excluding ortho intramolecular Hbond substituents is 1. The van der Waals surface area contributed by atoms with Gasteiger partial charge in [0, 0.05) is 6.08 Å². The second-order valence-electron chi connectivity index (χ2n) is 13.3. The van der Waals surface area contributed by atoms with Crippen molar-refractivity contribution in [3.8, 4) is 23.0 Å². The van der Waals surface area contributed by atoms with E-state index in [0.717, 1.165) is 24.1 Å². The number of aromatic hydroxyl groups is 1. The summed E-state index contributed by atoms with van der Waals surface area (Å²) >= 11 is 3.21. The first-order valence-corrected chi connectivity index (χ1v) is 17.4. The number of aromatic carboxylic acids is 1. The smallest absolute Gasteiger partial charge is 0.356 e. The summed E-state index contributed by atoms with van der Waals surface area (Å²) in [7, 11) is 1.19. The maximum atomic E-state index is 13.7. The van der Waals surface area contributed by atoms with Crippen molar-refractivity contribution in [2.75, 3.05) is 7.11 Å². The molecule has 0 bridgehead atoms. The summed E-state index contributed by atoms with van der Waals surface area (Å²) in [5, 5.41) is 32.3. The van der Waals surface area contributed by atoms with Gasteiger partial charge < -0.3 is 34.3 Å². The fourth-order valence-corrected chi connectivity index (χ4v) is 7.56. The minimum absolute atomic E-state index is 0.0369. The normalized spacial score (nSPS) is 16.4. The molecule has 0 unspecified atom stereocenters. The Hall–Kier alpha value is -5.27. The molecule has 13 heteroatoms. The lowest BCUT2D eigenvalue weighted by atomic mass is 9.87. The predicted molar refractivity (Wildman–Crippen MR) is 195 cm³/mol. The van der Waals surface area contributed by atoms with Gasteiger partial charge in [0.15, 0.2) is 11.5 Å². The summed E-state index contributed by atoms with van der Waals surface area (Å²) in [6.07, 6.45) is 3.95. The molecule has 0 fully saturated rings. The van der Waals surface area contributed by atoms with Gasteiger partial charge in [-0.05, 0) is 158 Å². The van der Waals surface area contributed by atoms with Crippen LogP contribution in [0.1, 0.15) is 94.5 Å². The van der Waals surface area contributed by atoms with Crippen LogP contribution in [0.4, 0.5) is 0 Å². The van der Waals surface area contributed by atoms with Gasteiger partial charge in [0.25, 0.3) is 0 Å². The van der Waals surface area contributed by atoms with Gasteiger partial charge in [-0.3, -0.25) is 4.79 Å². The Labute approximate surface area is 314 Å². The summed E-state index contributed by atoms with van der Waals surface area (Å²) in [6, 6.07) is 1.52.